The second-order valence-electron chi connectivity index (χ2n) is 5.00. The summed E-state index contributed by atoms with van der Waals surface area (Å²) in [4.78, 5) is 2.43. The van der Waals surface area contributed by atoms with Gasteiger partial charge < -0.3 is 9.84 Å². The summed E-state index contributed by atoms with van der Waals surface area (Å²) in [6, 6.07) is 8.33. The largest absolute Gasteiger partial charge is 0.494 e. The molecule has 1 aliphatic rings. The van der Waals surface area contributed by atoms with E-state index in [2.05, 4.69) is 17.0 Å². The highest BCUT2D eigenvalue weighted by atomic mass is 16.5. The van der Waals surface area contributed by atoms with Crippen LogP contribution in [0.15, 0.2) is 24.3 Å². The maximum absolute atomic E-state index is 9.23. The molecule has 1 saturated heterocycles. The van der Waals surface area contributed by atoms with Gasteiger partial charge in [0.2, 0.25) is 0 Å². The number of nitrogens with zero attached hydrogens (tertiary/aromatic N) is 1. The van der Waals surface area contributed by atoms with E-state index >= 15 is 0 Å². The third kappa shape index (κ3) is 3.72. The molecule has 0 saturated carbocycles. The van der Waals surface area contributed by atoms with Crippen LogP contribution in [-0.2, 0) is 6.54 Å². The van der Waals surface area contributed by atoms with E-state index in [-0.39, 0.29) is 0 Å². The second kappa shape index (κ2) is 6.76. The predicted molar refractivity (Wildman–Crippen MR) is 72.7 cm³/mol. The van der Waals surface area contributed by atoms with Crippen LogP contribution in [0.1, 0.15) is 25.3 Å². The molecule has 1 unspecified atom stereocenters. The molecule has 0 aromatic heterocycles. The molecule has 2 rings (SSSR count). The second-order valence-corrected chi connectivity index (χ2v) is 5.00. The van der Waals surface area contributed by atoms with Crippen LogP contribution < -0.4 is 4.74 Å². The maximum Gasteiger partial charge on any atom is 0.119 e. The number of piperidine rings is 1. The molecule has 1 aliphatic heterocycles. The molecule has 18 heavy (non-hydrogen) atoms. The third-order valence-electron chi connectivity index (χ3n) is 3.50. The zero-order valence-electron chi connectivity index (χ0n) is 11.1. The fourth-order valence-corrected chi connectivity index (χ4v) is 2.56. The molecular formula is C15H23NO2. The van der Waals surface area contributed by atoms with Crippen molar-refractivity contribution in [1.82, 2.24) is 4.90 Å². The van der Waals surface area contributed by atoms with Crippen molar-refractivity contribution in [3.8, 4) is 5.75 Å². The Labute approximate surface area is 109 Å². The summed E-state index contributed by atoms with van der Waals surface area (Å²) in [5.41, 5.74) is 1.32. The van der Waals surface area contributed by atoms with Gasteiger partial charge in [-0.3, -0.25) is 4.90 Å². The molecule has 0 amide bonds. The number of hydrogen-bond acceptors (Lipinski definition) is 3. The number of rotatable bonds is 5. The van der Waals surface area contributed by atoms with E-state index < -0.39 is 0 Å². The molecule has 3 nitrogen and oxygen atoms in total. The topological polar surface area (TPSA) is 32.7 Å². The average molecular weight is 249 g/mol. The van der Waals surface area contributed by atoms with Gasteiger partial charge in [-0.1, -0.05) is 12.1 Å². The number of hydrogen-bond donors (Lipinski definition) is 1. The first-order valence-electron chi connectivity index (χ1n) is 6.86. The van der Waals surface area contributed by atoms with Gasteiger partial charge in [-0.05, 0) is 49.9 Å². The molecule has 0 radical (unpaired) electrons. The van der Waals surface area contributed by atoms with Crippen LogP contribution in [0.4, 0.5) is 0 Å². The molecule has 1 fully saturated rings. The fourth-order valence-electron chi connectivity index (χ4n) is 2.56. The molecule has 0 spiro atoms. The minimum absolute atomic E-state index is 0.319. The highest BCUT2D eigenvalue weighted by Gasteiger charge is 2.18. The summed E-state index contributed by atoms with van der Waals surface area (Å²) in [7, 11) is 0. The quantitative estimate of drug-likeness (QED) is 0.869. The normalized spacial score (nSPS) is 20.9. The molecule has 3 heteroatoms. The summed E-state index contributed by atoms with van der Waals surface area (Å²) in [6.07, 6.45) is 2.36. The van der Waals surface area contributed by atoms with E-state index in [4.69, 9.17) is 4.74 Å². The zero-order valence-corrected chi connectivity index (χ0v) is 11.1. The number of benzene rings is 1. The SMILES string of the molecule is CCOc1ccc(CN2CCCC(CO)C2)cc1. The first kappa shape index (κ1) is 13.4. The first-order valence-corrected chi connectivity index (χ1v) is 6.86. The van der Waals surface area contributed by atoms with Crippen molar-refractivity contribution in [2.24, 2.45) is 5.92 Å². The van der Waals surface area contributed by atoms with Crippen molar-refractivity contribution in [2.45, 2.75) is 26.3 Å². The van der Waals surface area contributed by atoms with E-state index in [9.17, 15) is 5.11 Å². The standard InChI is InChI=1S/C15H23NO2/c1-2-18-15-7-5-13(6-8-15)10-16-9-3-4-14(11-16)12-17/h5-8,14,17H,2-4,9-12H2,1H3. The van der Waals surface area contributed by atoms with Crippen molar-refractivity contribution in [2.75, 3.05) is 26.3 Å². The minimum atomic E-state index is 0.319. The molecule has 1 aromatic carbocycles. The lowest BCUT2D eigenvalue weighted by Crippen LogP contribution is -2.36. The Hall–Kier alpha value is -1.06. The van der Waals surface area contributed by atoms with Gasteiger partial charge in [-0.2, -0.15) is 0 Å². The van der Waals surface area contributed by atoms with Crippen molar-refractivity contribution in [3.63, 3.8) is 0 Å². The highest BCUT2D eigenvalue weighted by molar-refractivity contribution is 5.27. The Bertz CT molecular complexity index is 350. The van der Waals surface area contributed by atoms with Crippen LogP contribution in [-0.4, -0.2) is 36.3 Å². The van der Waals surface area contributed by atoms with Crippen molar-refractivity contribution in [1.29, 1.82) is 0 Å². The van der Waals surface area contributed by atoms with E-state index in [1.807, 2.05) is 19.1 Å². The van der Waals surface area contributed by atoms with Gasteiger partial charge in [0.15, 0.2) is 0 Å². The lowest BCUT2D eigenvalue weighted by atomic mass is 9.98. The smallest absolute Gasteiger partial charge is 0.119 e. The maximum atomic E-state index is 9.23. The Morgan fingerprint density at radius 2 is 2.11 bits per heavy atom. The van der Waals surface area contributed by atoms with Gasteiger partial charge in [0.1, 0.15) is 5.75 Å². The molecule has 1 aromatic rings. The molecule has 1 heterocycles. The van der Waals surface area contributed by atoms with Crippen molar-refractivity contribution >= 4 is 0 Å². The first-order chi connectivity index (χ1) is 8.81. The van der Waals surface area contributed by atoms with Gasteiger partial charge in [0.05, 0.1) is 6.61 Å². The number of ether oxygens (including phenoxy) is 1. The van der Waals surface area contributed by atoms with Crippen LogP contribution in [0, 0.1) is 5.92 Å². The Kier molecular flexibility index (Phi) is 5.02. The third-order valence-corrected chi connectivity index (χ3v) is 3.50. The molecule has 0 bridgehead atoms. The molecule has 1 N–H and O–H groups in total. The zero-order chi connectivity index (χ0) is 12.8. The molecular weight excluding hydrogens is 226 g/mol. The van der Waals surface area contributed by atoms with Gasteiger partial charge in [-0.25, -0.2) is 0 Å². The van der Waals surface area contributed by atoms with Gasteiger partial charge in [-0.15, -0.1) is 0 Å². The van der Waals surface area contributed by atoms with Crippen molar-refractivity contribution < 1.29 is 9.84 Å². The molecule has 0 aliphatic carbocycles. The summed E-state index contributed by atoms with van der Waals surface area (Å²) in [5.74, 6) is 1.40. The van der Waals surface area contributed by atoms with E-state index in [0.29, 0.717) is 19.1 Å². The number of likely N-dealkylation sites (tertiary alicyclic amines) is 1. The number of aliphatic hydroxyl groups is 1. The van der Waals surface area contributed by atoms with E-state index in [0.717, 1.165) is 31.8 Å². The molecule has 1 atom stereocenters. The summed E-state index contributed by atoms with van der Waals surface area (Å²) in [5, 5.41) is 9.23. The van der Waals surface area contributed by atoms with E-state index in [1.165, 1.54) is 12.0 Å². The number of aliphatic hydroxyl groups excluding tert-OH is 1. The Morgan fingerprint density at radius 3 is 2.78 bits per heavy atom. The lowest BCUT2D eigenvalue weighted by molar-refractivity contribution is 0.116. The Morgan fingerprint density at radius 1 is 1.33 bits per heavy atom. The summed E-state index contributed by atoms with van der Waals surface area (Å²) in [6.45, 7) is 6.16. The summed E-state index contributed by atoms with van der Waals surface area (Å²) >= 11 is 0. The van der Waals surface area contributed by atoms with E-state index in [1.54, 1.807) is 0 Å². The van der Waals surface area contributed by atoms with Crippen LogP contribution in [0.2, 0.25) is 0 Å². The Balaban J connectivity index is 1.88. The summed E-state index contributed by atoms with van der Waals surface area (Å²) < 4.78 is 5.44. The van der Waals surface area contributed by atoms with Crippen LogP contribution in [0.3, 0.4) is 0 Å². The average Bonchev–Trinajstić information content (AvgIpc) is 2.42. The lowest BCUT2D eigenvalue weighted by Gasteiger charge is -2.31. The van der Waals surface area contributed by atoms with Crippen LogP contribution in [0.25, 0.3) is 0 Å². The van der Waals surface area contributed by atoms with Crippen molar-refractivity contribution in [3.05, 3.63) is 29.8 Å². The monoisotopic (exact) mass is 249 g/mol. The van der Waals surface area contributed by atoms with Crippen LogP contribution >= 0.6 is 0 Å². The fraction of sp³-hybridized carbons (Fsp3) is 0.600. The predicted octanol–water partition coefficient (Wildman–Crippen LogP) is 2.29. The van der Waals surface area contributed by atoms with Gasteiger partial charge >= 0.3 is 0 Å². The van der Waals surface area contributed by atoms with Crippen LogP contribution in [0.5, 0.6) is 5.75 Å². The highest BCUT2D eigenvalue weighted by Crippen LogP contribution is 2.19. The minimum Gasteiger partial charge on any atom is -0.494 e. The van der Waals surface area contributed by atoms with Gasteiger partial charge in [0.25, 0.3) is 0 Å². The van der Waals surface area contributed by atoms with Gasteiger partial charge in [0, 0.05) is 19.7 Å². The molecule has 100 valence electrons.